The number of aliphatic hydroxyl groups is 1. The molecule has 23 heavy (non-hydrogen) atoms. The fraction of sp³-hybridized carbons (Fsp3) is 0.688. The number of piperidine rings is 1. The smallest absolute Gasteiger partial charge is 0.276 e. The van der Waals surface area contributed by atoms with Gasteiger partial charge in [-0.3, -0.25) is 9.59 Å². The molecule has 1 aromatic rings. The Balaban J connectivity index is 1.62. The van der Waals surface area contributed by atoms with E-state index in [0.717, 1.165) is 18.6 Å². The van der Waals surface area contributed by atoms with Crippen molar-refractivity contribution in [2.75, 3.05) is 20.1 Å². The first-order valence-electron chi connectivity index (χ1n) is 8.19. The van der Waals surface area contributed by atoms with Crippen LogP contribution in [-0.2, 0) is 4.79 Å². The molecule has 126 valence electrons. The van der Waals surface area contributed by atoms with Crippen molar-refractivity contribution in [3.8, 4) is 0 Å². The summed E-state index contributed by atoms with van der Waals surface area (Å²) in [6, 6.07) is 1.72. The number of likely N-dealkylation sites (tertiary alicyclic amines) is 1. The minimum Gasteiger partial charge on any atom is -0.388 e. The SMILES string of the molecule is CNC(=O)CC[C@@]1(O)CCCN(C(=O)c2cc(C3CC3)on2)C1. The number of β-amino-alcohol motifs (C(OH)–C–C–N with tert-alkyl or cyclic N) is 1. The highest BCUT2D eigenvalue weighted by molar-refractivity contribution is 5.92. The first-order chi connectivity index (χ1) is 11.0. The Labute approximate surface area is 135 Å². The molecule has 1 saturated heterocycles. The van der Waals surface area contributed by atoms with Gasteiger partial charge < -0.3 is 19.8 Å². The van der Waals surface area contributed by atoms with Crippen LogP contribution in [0.15, 0.2) is 10.6 Å². The number of hydrogen-bond donors (Lipinski definition) is 2. The molecule has 2 fully saturated rings. The number of carbonyl (C=O) groups is 2. The van der Waals surface area contributed by atoms with E-state index in [-0.39, 0.29) is 24.8 Å². The van der Waals surface area contributed by atoms with Crippen molar-refractivity contribution in [2.24, 2.45) is 0 Å². The minimum atomic E-state index is -1.01. The van der Waals surface area contributed by atoms with Crippen LogP contribution in [0, 0.1) is 0 Å². The summed E-state index contributed by atoms with van der Waals surface area (Å²) in [5, 5.41) is 17.1. The zero-order valence-electron chi connectivity index (χ0n) is 13.4. The molecule has 0 spiro atoms. The summed E-state index contributed by atoms with van der Waals surface area (Å²) in [4.78, 5) is 25.5. The monoisotopic (exact) mass is 321 g/mol. The van der Waals surface area contributed by atoms with Gasteiger partial charge in [-0.05, 0) is 32.1 Å². The highest BCUT2D eigenvalue weighted by Gasteiger charge is 2.37. The Hall–Kier alpha value is -1.89. The summed E-state index contributed by atoms with van der Waals surface area (Å²) in [6.45, 7) is 0.821. The highest BCUT2D eigenvalue weighted by atomic mass is 16.5. The third-order valence-electron chi connectivity index (χ3n) is 4.67. The second-order valence-corrected chi connectivity index (χ2v) is 6.62. The Bertz CT molecular complexity index is 596. The van der Waals surface area contributed by atoms with Gasteiger partial charge in [0, 0.05) is 38.5 Å². The zero-order valence-corrected chi connectivity index (χ0v) is 13.4. The van der Waals surface area contributed by atoms with Crippen LogP contribution in [0.3, 0.4) is 0 Å². The van der Waals surface area contributed by atoms with E-state index in [1.54, 1.807) is 18.0 Å². The number of nitrogens with one attached hydrogen (secondary N) is 1. The normalized spacial score (nSPS) is 24.5. The van der Waals surface area contributed by atoms with E-state index in [4.69, 9.17) is 4.52 Å². The van der Waals surface area contributed by atoms with Gasteiger partial charge in [-0.2, -0.15) is 0 Å². The molecule has 1 atom stereocenters. The van der Waals surface area contributed by atoms with Crippen LogP contribution in [0.25, 0.3) is 0 Å². The molecule has 1 aromatic heterocycles. The van der Waals surface area contributed by atoms with Gasteiger partial charge in [0.15, 0.2) is 5.69 Å². The van der Waals surface area contributed by atoms with E-state index < -0.39 is 5.60 Å². The third-order valence-corrected chi connectivity index (χ3v) is 4.67. The molecule has 7 heteroatoms. The molecule has 3 rings (SSSR count). The Morgan fingerprint density at radius 3 is 3.00 bits per heavy atom. The summed E-state index contributed by atoms with van der Waals surface area (Å²) >= 11 is 0. The topological polar surface area (TPSA) is 95.7 Å². The van der Waals surface area contributed by atoms with Crippen molar-refractivity contribution in [2.45, 2.75) is 50.0 Å². The first kappa shape index (κ1) is 16.0. The van der Waals surface area contributed by atoms with E-state index >= 15 is 0 Å². The molecule has 0 unspecified atom stereocenters. The van der Waals surface area contributed by atoms with Gasteiger partial charge in [-0.1, -0.05) is 5.16 Å². The highest BCUT2D eigenvalue weighted by Crippen LogP contribution is 2.40. The molecule has 2 heterocycles. The molecule has 2 aliphatic rings. The van der Waals surface area contributed by atoms with Crippen molar-refractivity contribution in [3.63, 3.8) is 0 Å². The van der Waals surface area contributed by atoms with Gasteiger partial charge in [0.1, 0.15) is 5.76 Å². The molecule has 2 N–H and O–H groups in total. The Morgan fingerprint density at radius 1 is 1.52 bits per heavy atom. The quantitative estimate of drug-likeness (QED) is 0.845. The zero-order chi connectivity index (χ0) is 16.4. The molecular formula is C16H23N3O4. The molecule has 0 bridgehead atoms. The lowest BCUT2D eigenvalue weighted by Crippen LogP contribution is -2.50. The van der Waals surface area contributed by atoms with Gasteiger partial charge in [-0.25, -0.2) is 0 Å². The largest absolute Gasteiger partial charge is 0.388 e. The van der Waals surface area contributed by atoms with Crippen molar-refractivity contribution in [3.05, 3.63) is 17.5 Å². The molecule has 0 radical (unpaired) electrons. The standard InChI is InChI=1S/C16H23N3O4/c1-17-14(20)5-7-16(22)6-2-8-19(10-16)15(21)12-9-13(23-18-12)11-3-4-11/h9,11,22H,2-8,10H2,1H3,(H,17,20)/t16-/m0/s1. The lowest BCUT2D eigenvalue weighted by Gasteiger charge is -2.38. The number of carbonyl (C=O) groups excluding carboxylic acids is 2. The first-order valence-corrected chi connectivity index (χ1v) is 8.19. The molecule has 1 aliphatic heterocycles. The second-order valence-electron chi connectivity index (χ2n) is 6.62. The van der Waals surface area contributed by atoms with Crippen LogP contribution >= 0.6 is 0 Å². The van der Waals surface area contributed by atoms with E-state index in [1.165, 1.54) is 0 Å². The third kappa shape index (κ3) is 3.72. The van der Waals surface area contributed by atoms with Crippen LogP contribution in [0.4, 0.5) is 0 Å². The van der Waals surface area contributed by atoms with Crippen molar-refractivity contribution >= 4 is 11.8 Å². The van der Waals surface area contributed by atoms with Gasteiger partial charge in [0.05, 0.1) is 5.60 Å². The predicted octanol–water partition coefficient (Wildman–Crippen LogP) is 1.05. The van der Waals surface area contributed by atoms with Crippen LogP contribution < -0.4 is 5.32 Å². The van der Waals surface area contributed by atoms with Crippen LogP contribution in [0.5, 0.6) is 0 Å². The van der Waals surface area contributed by atoms with Crippen LogP contribution in [-0.4, -0.2) is 52.7 Å². The van der Waals surface area contributed by atoms with E-state index in [9.17, 15) is 14.7 Å². The van der Waals surface area contributed by atoms with Gasteiger partial charge in [0.25, 0.3) is 5.91 Å². The van der Waals surface area contributed by atoms with Crippen LogP contribution in [0.2, 0.25) is 0 Å². The summed E-state index contributed by atoms with van der Waals surface area (Å²) < 4.78 is 5.23. The fourth-order valence-electron chi connectivity index (χ4n) is 3.07. The maximum atomic E-state index is 12.6. The summed E-state index contributed by atoms with van der Waals surface area (Å²) in [6.07, 6.45) is 4.09. The maximum absolute atomic E-state index is 12.6. The molecule has 1 aliphatic carbocycles. The van der Waals surface area contributed by atoms with Gasteiger partial charge in [-0.15, -0.1) is 0 Å². The predicted molar refractivity (Wildman–Crippen MR) is 81.9 cm³/mol. The van der Waals surface area contributed by atoms with E-state index in [1.807, 2.05) is 0 Å². The lowest BCUT2D eigenvalue weighted by molar-refractivity contribution is -0.122. The van der Waals surface area contributed by atoms with Gasteiger partial charge in [0.2, 0.25) is 5.91 Å². The van der Waals surface area contributed by atoms with Crippen molar-refractivity contribution in [1.82, 2.24) is 15.4 Å². The Kier molecular flexibility index (Phi) is 4.39. The van der Waals surface area contributed by atoms with Crippen molar-refractivity contribution in [1.29, 1.82) is 0 Å². The number of amides is 2. The minimum absolute atomic E-state index is 0.104. The lowest BCUT2D eigenvalue weighted by atomic mass is 9.88. The number of aromatic nitrogens is 1. The Morgan fingerprint density at radius 2 is 2.30 bits per heavy atom. The average molecular weight is 321 g/mol. The number of hydrogen-bond acceptors (Lipinski definition) is 5. The molecule has 2 amide bonds. The van der Waals surface area contributed by atoms with E-state index in [0.29, 0.717) is 37.4 Å². The van der Waals surface area contributed by atoms with Crippen molar-refractivity contribution < 1.29 is 19.2 Å². The molecule has 1 saturated carbocycles. The average Bonchev–Trinajstić information content (AvgIpc) is 3.29. The summed E-state index contributed by atoms with van der Waals surface area (Å²) in [5.74, 6) is 0.876. The molecule has 0 aromatic carbocycles. The molecule has 7 nitrogen and oxygen atoms in total. The summed E-state index contributed by atoms with van der Waals surface area (Å²) in [7, 11) is 1.57. The molecular weight excluding hydrogens is 298 g/mol. The fourth-order valence-corrected chi connectivity index (χ4v) is 3.07. The maximum Gasteiger partial charge on any atom is 0.276 e. The van der Waals surface area contributed by atoms with Crippen LogP contribution in [0.1, 0.15) is 60.7 Å². The second kappa shape index (κ2) is 6.31. The number of nitrogens with zero attached hydrogens (tertiary/aromatic N) is 2. The summed E-state index contributed by atoms with van der Waals surface area (Å²) in [5.41, 5.74) is -0.703. The van der Waals surface area contributed by atoms with Gasteiger partial charge >= 0.3 is 0 Å². The number of rotatable bonds is 5. The van der Waals surface area contributed by atoms with E-state index in [2.05, 4.69) is 10.5 Å².